The zero-order chi connectivity index (χ0) is 16.3. The Morgan fingerprint density at radius 2 is 2.00 bits per heavy atom. The number of nitrogens with one attached hydrogen (secondary N) is 1. The van der Waals surface area contributed by atoms with Gasteiger partial charge in [-0.3, -0.25) is 4.79 Å². The third-order valence-corrected chi connectivity index (χ3v) is 4.44. The highest BCUT2D eigenvalue weighted by Gasteiger charge is 2.42. The van der Waals surface area contributed by atoms with E-state index >= 15 is 0 Å². The number of amides is 1. The Labute approximate surface area is 134 Å². The summed E-state index contributed by atoms with van der Waals surface area (Å²) >= 11 is 0. The van der Waals surface area contributed by atoms with Crippen molar-refractivity contribution in [2.45, 2.75) is 44.1 Å². The topological polar surface area (TPSA) is 81.4 Å². The van der Waals surface area contributed by atoms with Crippen LogP contribution in [0.2, 0.25) is 0 Å². The molecule has 1 aromatic heterocycles. The first kappa shape index (κ1) is 15.5. The fourth-order valence-electron chi connectivity index (χ4n) is 3.26. The van der Waals surface area contributed by atoms with Gasteiger partial charge in [0.05, 0.1) is 13.5 Å². The van der Waals surface area contributed by atoms with Crippen molar-refractivity contribution in [3.8, 4) is 0 Å². The molecular weight excluding hydrogens is 296 g/mol. The van der Waals surface area contributed by atoms with Crippen LogP contribution in [0.25, 0.3) is 11.0 Å². The summed E-state index contributed by atoms with van der Waals surface area (Å²) in [6, 6.07) is 7.40. The van der Waals surface area contributed by atoms with E-state index in [0.717, 1.165) is 24.6 Å². The molecule has 1 aliphatic rings. The van der Waals surface area contributed by atoms with E-state index in [4.69, 9.17) is 9.26 Å². The lowest BCUT2D eigenvalue weighted by atomic mass is 9.81. The third kappa shape index (κ3) is 3.06. The maximum Gasteiger partial charge on any atom is 0.331 e. The van der Waals surface area contributed by atoms with Crippen LogP contribution in [0.3, 0.4) is 0 Å². The summed E-state index contributed by atoms with van der Waals surface area (Å²) in [7, 11) is 1.36. The van der Waals surface area contributed by atoms with Gasteiger partial charge in [0.2, 0.25) is 5.91 Å². The van der Waals surface area contributed by atoms with Gasteiger partial charge >= 0.3 is 5.97 Å². The van der Waals surface area contributed by atoms with Crippen LogP contribution in [0.15, 0.2) is 28.8 Å². The van der Waals surface area contributed by atoms with E-state index in [2.05, 4.69) is 10.5 Å². The standard InChI is InChI=1S/C17H20N2O4/c1-22-16(21)17(9-5-2-6-10-17)18-15(20)11-13-12-7-3-4-8-14(12)23-19-13/h3-4,7-8H,2,5-6,9-11H2,1H3,(H,18,20). The van der Waals surface area contributed by atoms with Crippen molar-refractivity contribution in [2.75, 3.05) is 7.11 Å². The third-order valence-electron chi connectivity index (χ3n) is 4.44. The van der Waals surface area contributed by atoms with E-state index in [-0.39, 0.29) is 18.3 Å². The van der Waals surface area contributed by atoms with Gasteiger partial charge in [0.25, 0.3) is 0 Å². The van der Waals surface area contributed by atoms with Gasteiger partial charge < -0.3 is 14.6 Å². The van der Waals surface area contributed by atoms with Crippen molar-refractivity contribution in [3.05, 3.63) is 30.0 Å². The first-order valence-corrected chi connectivity index (χ1v) is 7.87. The van der Waals surface area contributed by atoms with Crippen LogP contribution in [0.1, 0.15) is 37.8 Å². The van der Waals surface area contributed by atoms with Gasteiger partial charge in [-0.15, -0.1) is 0 Å². The normalized spacial score (nSPS) is 16.9. The van der Waals surface area contributed by atoms with Gasteiger partial charge in [-0.05, 0) is 25.0 Å². The second-order valence-corrected chi connectivity index (χ2v) is 5.98. The Bertz CT molecular complexity index is 716. The maximum atomic E-state index is 12.4. The minimum Gasteiger partial charge on any atom is -0.467 e. The van der Waals surface area contributed by atoms with E-state index in [0.29, 0.717) is 24.1 Å². The Morgan fingerprint density at radius 3 is 2.74 bits per heavy atom. The van der Waals surface area contributed by atoms with Gasteiger partial charge in [0.15, 0.2) is 5.58 Å². The fraction of sp³-hybridized carbons (Fsp3) is 0.471. The van der Waals surface area contributed by atoms with Crippen molar-refractivity contribution in [1.29, 1.82) is 0 Å². The summed E-state index contributed by atoms with van der Waals surface area (Å²) in [5.74, 6) is -0.605. The molecule has 0 atom stereocenters. The van der Waals surface area contributed by atoms with Gasteiger partial charge in [0.1, 0.15) is 11.2 Å². The molecule has 1 aliphatic carbocycles. The van der Waals surface area contributed by atoms with Crippen LogP contribution in [-0.2, 0) is 20.7 Å². The average Bonchev–Trinajstić information content (AvgIpc) is 2.98. The van der Waals surface area contributed by atoms with Crippen molar-refractivity contribution in [3.63, 3.8) is 0 Å². The average molecular weight is 316 g/mol. The molecule has 23 heavy (non-hydrogen) atoms. The second kappa shape index (κ2) is 6.40. The number of hydrogen-bond donors (Lipinski definition) is 1. The summed E-state index contributed by atoms with van der Waals surface area (Å²) < 4.78 is 10.1. The van der Waals surface area contributed by atoms with E-state index in [1.807, 2.05) is 18.2 Å². The van der Waals surface area contributed by atoms with Crippen molar-refractivity contribution in [2.24, 2.45) is 0 Å². The smallest absolute Gasteiger partial charge is 0.331 e. The molecule has 2 aromatic rings. The first-order chi connectivity index (χ1) is 11.1. The zero-order valence-corrected chi connectivity index (χ0v) is 13.1. The van der Waals surface area contributed by atoms with Gasteiger partial charge in [0, 0.05) is 5.39 Å². The maximum absolute atomic E-state index is 12.4. The molecule has 0 unspecified atom stereocenters. The number of aromatic nitrogens is 1. The molecule has 0 aliphatic heterocycles. The number of methoxy groups -OCH3 is 1. The second-order valence-electron chi connectivity index (χ2n) is 5.98. The molecule has 122 valence electrons. The number of hydrogen-bond acceptors (Lipinski definition) is 5. The predicted octanol–water partition coefficient (Wildman–Crippen LogP) is 2.36. The quantitative estimate of drug-likeness (QED) is 0.876. The summed E-state index contributed by atoms with van der Waals surface area (Å²) in [6.45, 7) is 0. The first-order valence-electron chi connectivity index (χ1n) is 7.87. The Balaban J connectivity index is 1.76. The highest BCUT2D eigenvalue weighted by molar-refractivity contribution is 5.91. The number of fused-ring (bicyclic) bond motifs is 1. The van der Waals surface area contributed by atoms with Crippen LogP contribution in [0.4, 0.5) is 0 Å². The largest absolute Gasteiger partial charge is 0.467 e. The lowest BCUT2D eigenvalue weighted by molar-refractivity contribution is -0.152. The van der Waals surface area contributed by atoms with E-state index in [1.165, 1.54) is 7.11 Å². The highest BCUT2D eigenvalue weighted by atomic mass is 16.5. The van der Waals surface area contributed by atoms with E-state index in [1.54, 1.807) is 6.07 Å². The molecule has 1 N–H and O–H groups in total. The molecule has 1 heterocycles. The highest BCUT2D eigenvalue weighted by Crippen LogP contribution is 2.29. The van der Waals surface area contributed by atoms with E-state index in [9.17, 15) is 9.59 Å². The van der Waals surface area contributed by atoms with Crippen LogP contribution in [0.5, 0.6) is 0 Å². The number of nitrogens with zero attached hydrogens (tertiary/aromatic N) is 1. The van der Waals surface area contributed by atoms with E-state index < -0.39 is 5.54 Å². The lowest BCUT2D eigenvalue weighted by Gasteiger charge is -2.35. The Morgan fingerprint density at radius 1 is 1.26 bits per heavy atom. The van der Waals surface area contributed by atoms with Gasteiger partial charge in [-0.2, -0.15) is 0 Å². The number of esters is 1. The lowest BCUT2D eigenvalue weighted by Crippen LogP contribution is -2.56. The minimum absolute atomic E-state index is 0.0791. The van der Waals surface area contributed by atoms with Crippen LogP contribution < -0.4 is 5.32 Å². The molecule has 0 spiro atoms. The molecule has 6 nitrogen and oxygen atoms in total. The molecule has 1 aromatic carbocycles. The number of rotatable bonds is 4. The number of benzene rings is 1. The van der Waals surface area contributed by atoms with Crippen LogP contribution in [0, 0.1) is 0 Å². The van der Waals surface area contributed by atoms with Crippen LogP contribution in [-0.4, -0.2) is 29.7 Å². The molecule has 0 radical (unpaired) electrons. The minimum atomic E-state index is -0.899. The predicted molar refractivity (Wildman–Crippen MR) is 83.7 cm³/mol. The summed E-state index contributed by atoms with van der Waals surface area (Å²) in [5, 5.41) is 7.67. The monoisotopic (exact) mass is 316 g/mol. The fourth-order valence-corrected chi connectivity index (χ4v) is 3.26. The Kier molecular flexibility index (Phi) is 4.32. The molecule has 0 bridgehead atoms. The Hall–Kier alpha value is -2.37. The van der Waals surface area contributed by atoms with Gasteiger partial charge in [-0.1, -0.05) is 36.6 Å². The molecular formula is C17H20N2O4. The number of carbonyl (C=O) groups excluding carboxylic acids is 2. The molecule has 3 rings (SSSR count). The van der Waals surface area contributed by atoms with Crippen molar-refractivity contribution in [1.82, 2.24) is 10.5 Å². The SMILES string of the molecule is COC(=O)C1(NC(=O)Cc2noc3ccccc23)CCCCC1. The van der Waals surface area contributed by atoms with Crippen LogP contribution >= 0.6 is 0 Å². The summed E-state index contributed by atoms with van der Waals surface area (Å²) in [6.07, 6.45) is 4.19. The van der Waals surface area contributed by atoms with Crippen molar-refractivity contribution >= 4 is 22.8 Å². The number of ether oxygens (including phenoxy) is 1. The zero-order valence-electron chi connectivity index (χ0n) is 13.1. The summed E-state index contributed by atoms with van der Waals surface area (Å²) in [4.78, 5) is 24.6. The molecule has 6 heteroatoms. The summed E-state index contributed by atoms with van der Waals surface area (Å²) in [5.41, 5.74) is 0.327. The van der Waals surface area contributed by atoms with Crippen molar-refractivity contribution < 1.29 is 18.8 Å². The number of carbonyl (C=O) groups is 2. The molecule has 1 saturated carbocycles. The molecule has 1 amide bonds. The molecule has 0 saturated heterocycles. The number of para-hydroxylation sites is 1. The molecule has 1 fully saturated rings. The van der Waals surface area contributed by atoms with Gasteiger partial charge in [-0.25, -0.2) is 4.79 Å².